The smallest absolute Gasteiger partial charge is 0.252 e. The van der Waals surface area contributed by atoms with E-state index in [4.69, 9.17) is 9.47 Å². The molecule has 0 bridgehead atoms. The number of carbonyl (C=O) groups excluding carboxylic acids is 1. The second kappa shape index (κ2) is 8.15. The highest BCUT2D eigenvalue weighted by atomic mass is 32.1. The van der Waals surface area contributed by atoms with Gasteiger partial charge in [-0.3, -0.25) is 10.1 Å². The number of amides is 1. The van der Waals surface area contributed by atoms with E-state index in [9.17, 15) is 4.79 Å². The molecule has 1 N–H and O–H groups in total. The number of carbonyl (C=O) groups is 1. The molecule has 0 aliphatic heterocycles. The van der Waals surface area contributed by atoms with Crippen molar-refractivity contribution in [1.82, 2.24) is 9.88 Å². The Hall–Kier alpha value is -1.02. The monoisotopic (exact) mass is 273 g/mol. The maximum atomic E-state index is 11.5. The minimum absolute atomic E-state index is 0.0198. The van der Waals surface area contributed by atoms with Gasteiger partial charge in [-0.1, -0.05) is 0 Å². The van der Waals surface area contributed by atoms with Crippen molar-refractivity contribution in [3.05, 3.63) is 11.1 Å². The van der Waals surface area contributed by atoms with Crippen LogP contribution in [0.1, 0.15) is 5.69 Å². The molecule has 0 spiro atoms. The van der Waals surface area contributed by atoms with Gasteiger partial charge in [-0.15, -0.1) is 11.3 Å². The first-order valence-electron chi connectivity index (χ1n) is 5.57. The lowest BCUT2D eigenvalue weighted by molar-refractivity contribution is -0.121. The van der Waals surface area contributed by atoms with Crippen LogP contribution >= 0.6 is 11.3 Å². The number of hydrogen-bond donors (Lipinski definition) is 1. The van der Waals surface area contributed by atoms with Crippen LogP contribution in [-0.4, -0.2) is 56.8 Å². The highest BCUT2D eigenvalue weighted by Gasteiger charge is 2.07. The molecule has 1 rings (SSSR count). The number of aromatic nitrogens is 1. The highest BCUT2D eigenvalue weighted by molar-refractivity contribution is 7.13. The quantitative estimate of drug-likeness (QED) is 0.710. The fourth-order valence-corrected chi connectivity index (χ4v) is 1.94. The Morgan fingerprint density at radius 3 is 2.94 bits per heavy atom. The first-order chi connectivity index (χ1) is 8.61. The van der Waals surface area contributed by atoms with E-state index in [1.165, 1.54) is 11.3 Å². The zero-order valence-electron chi connectivity index (χ0n) is 10.9. The Morgan fingerprint density at radius 1 is 1.50 bits per heavy atom. The summed E-state index contributed by atoms with van der Waals surface area (Å²) < 4.78 is 9.92. The summed E-state index contributed by atoms with van der Waals surface area (Å²) in [7, 11) is 5.54. The van der Waals surface area contributed by atoms with Gasteiger partial charge in [0.15, 0.2) is 5.13 Å². The first kappa shape index (κ1) is 15.0. The Balaban J connectivity index is 2.28. The Bertz CT molecular complexity index is 368. The summed E-state index contributed by atoms with van der Waals surface area (Å²) in [6.07, 6.45) is 0. The minimum atomic E-state index is -0.197. The highest BCUT2D eigenvalue weighted by Crippen LogP contribution is 2.15. The molecule has 0 fully saturated rings. The summed E-state index contributed by atoms with van der Waals surface area (Å²) in [6, 6.07) is 0. The van der Waals surface area contributed by atoms with Crippen molar-refractivity contribution in [2.24, 2.45) is 0 Å². The lowest BCUT2D eigenvalue weighted by Gasteiger charge is -2.05. The molecule has 6 nitrogen and oxygen atoms in total. The molecule has 1 aromatic heterocycles. The summed E-state index contributed by atoms with van der Waals surface area (Å²) in [4.78, 5) is 17.8. The van der Waals surface area contributed by atoms with Gasteiger partial charge >= 0.3 is 0 Å². The van der Waals surface area contributed by atoms with Crippen molar-refractivity contribution in [3.8, 4) is 0 Å². The molecule has 1 heterocycles. The third kappa shape index (κ3) is 6.06. The molecule has 0 aromatic carbocycles. The maximum Gasteiger partial charge on any atom is 0.252 e. The number of hydrogen-bond acceptors (Lipinski definition) is 6. The van der Waals surface area contributed by atoms with E-state index in [1.54, 1.807) is 7.11 Å². The average Bonchev–Trinajstić information content (AvgIpc) is 2.71. The van der Waals surface area contributed by atoms with E-state index in [0.29, 0.717) is 18.3 Å². The second-order valence-electron chi connectivity index (χ2n) is 3.98. The van der Waals surface area contributed by atoms with Crippen LogP contribution in [0.25, 0.3) is 0 Å². The van der Waals surface area contributed by atoms with Gasteiger partial charge < -0.3 is 14.4 Å². The van der Waals surface area contributed by atoms with Crippen LogP contribution in [0.15, 0.2) is 5.38 Å². The van der Waals surface area contributed by atoms with E-state index in [2.05, 4.69) is 10.3 Å². The predicted molar refractivity (Wildman–Crippen MR) is 70.8 cm³/mol. The zero-order valence-corrected chi connectivity index (χ0v) is 11.7. The molecule has 7 heteroatoms. The molecule has 1 aromatic rings. The number of ether oxygens (including phenoxy) is 2. The van der Waals surface area contributed by atoms with Crippen LogP contribution in [0.3, 0.4) is 0 Å². The summed E-state index contributed by atoms with van der Waals surface area (Å²) in [5.41, 5.74) is 0.945. The lowest BCUT2D eigenvalue weighted by atomic mass is 10.5. The molecule has 0 aliphatic carbocycles. The molecule has 18 heavy (non-hydrogen) atoms. The SMILES string of the molecule is COCCOCC(=O)Nc1nc(CN(C)C)cs1. The molecule has 0 saturated heterocycles. The number of thiazole rings is 1. The topological polar surface area (TPSA) is 63.7 Å². The van der Waals surface area contributed by atoms with Crippen LogP contribution in [0.4, 0.5) is 5.13 Å². The Kier molecular flexibility index (Phi) is 6.81. The van der Waals surface area contributed by atoms with Crippen LogP contribution in [0.2, 0.25) is 0 Å². The fourth-order valence-electron chi connectivity index (χ4n) is 1.22. The number of nitrogens with zero attached hydrogens (tertiary/aromatic N) is 2. The van der Waals surface area contributed by atoms with Crippen LogP contribution in [-0.2, 0) is 20.8 Å². The molecular formula is C11H19N3O3S. The van der Waals surface area contributed by atoms with Gasteiger partial charge in [0.05, 0.1) is 18.9 Å². The summed E-state index contributed by atoms with van der Waals surface area (Å²) >= 11 is 1.41. The lowest BCUT2D eigenvalue weighted by Crippen LogP contribution is -2.19. The van der Waals surface area contributed by atoms with E-state index in [-0.39, 0.29) is 12.5 Å². The molecule has 102 valence electrons. The van der Waals surface area contributed by atoms with Crippen molar-refractivity contribution in [3.63, 3.8) is 0 Å². The zero-order chi connectivity index (χ0) is 13.4. The molecule has 1 amide bonds. The second-order valence-corrected chi connectivity index (χ2v) is 4.83. The number of nitrogens with one attached hydrogen (secondary N) is 1. The third-order valence-corrected chi connectivity index (χ3v) is 2.75. The molecule has 0 unspecified atom stereocenters. The van der Waals surface area contributed by atoms with Gasteiger partial charge in [-0.25, -0.2) is 4.98 Å². The maximum absolute atomic E-state index is 11.5. The molecule has 0 aliphatic rings. The molecule has 0 atom stereocenters. The Labute approximate surface area is 111 Å². The third-order valence-electron chi connectivity index (χ3n) is 1.94. The summed E-state index contributed by atoms with van der Waals surface area (Å²) in [5, 5.41) is 5.23. The van der Waals surface area contributed by atoms with Crippen LogP contribution in [0, 0.1) is 0 Å². The minimum Gasteiger partial charge on any atom is -0.382 e. The first-order valence-corrected chi connectivity index (χ1v) is 6.45. The Morgan fingerprint density at radius 2 is 2.28 bits per heavy atom. The normalized spacial score (nSPS) is 10.9. The van der Waals surface area contributed by atoms with Crippen molar-refractivity contribution < 1.29 is 14.3 Å². The van der Waals surface area contributed by atoms with E-state index in [0.717, 1.165) is 12.2 Å². The average molecular weight is 273 g/mol. The number of anilines is 1. The molecular weight excluding hydrogens is 254 g/mol. The van der Waals surface area contributed by atoms with Crippen molar-refractivity contribution in [1.29, 1.82) is 0 Å². The van der Waals surface area contributed by atoms with Crippen LogP contribution < -0.4 is 5.32 Å². The largest absolute Gasteiger partial charge is 0.382 e. The summed E-state index contributed by atoms with van der Waals surface area (Å²) in [6.45, 7) is 1.67. The number of methoxy groups -OCH3 is 1. The summed E-state index contributed by atoms with van der Waals surface area (Å²) in [5.74, 6) is -0.197. The van der Waals surface area contributed by atoms with Crippen molar-refractivity contribution in [2.45, 2.75) is 6.54 Å². The van der Waals surface area contributed by atoms with Gasteiger partial charge in [-0.2, -0.15) is 0 Å². The van der Waals surface area contributed by atoms with Gasteiger partial charge in [-0.05, 0) is 14.1 Å². The fraction of sp³-hybridized carbons (Fsp3) is 0.636. The van der Waals surface area contributed by atoms with Gasteiger partial charge in [0.1, 0.15) is 6.61 Å². The van der Waals surface area contributed by atoms with E-state index < -0.39 is 0 Å². The number of rotatable bonds is 8. The van der Waals surface area contributed by atoms with Crippen molar-refractivity contribution >= 4 is 22.4 Å². The van der Waals surface area contributed by atoms with E-state index >= 15 is 0 Å². The van der Waals surface area contributed by atoms with Crippen LogP contribution in [0.5, 0.6) is 0 Å². The van der Waals surface area contributed by atoms with Gasteiger partial charge in [0, 0.05) is 19.0 Å². The van der Waals surface area contributed by atoms with Gasteiger partial charge in [0.2, 0.25) is 0 Å². The predicted octanol–water partition coefficient (Wildman–Crippen LogP) is 0.806. The van der Waals surface area contributed by atoms with Gasteiger partial charge in [0.25, 0.3) is 5.91 Å². The molecule has 0 radical (unpaired) electrons. The van der Waals surface area contributed by atoms with E-state index in [1.807, 2.05) is 24.4 Å². The standard InChI is InChI=1S/C11H19N3O3S/c1-14(2)6-9-8-18-11(12-9)13-10(15)7-17-5-4-16-3/h8H,4-7H2,1-3H3,(H,12,13,15). The molecule has 0 saturated carbocycles. The van der Waals surface area contributed by atoms with Crippen molar-refractivity contribution in [2.75, 3.05) is 46.3 Å².